The van der Waals surface area contributed by atoms with Gasteiger partial charge in [0.2, 0.25) is 0 Å². The summed E-state index contributed by atoms with van der Waals surface area (Å²) in [6.07, 6.45) is 2.39. The highest BCUT2D eigenvalue weighted by Gasteiger charge is 2.54. The monoisotopic (exact) mass is 184 g/mol. The van der Waals surface area contributed by atoms with Crippen molar-refractivity contribution >= 4 is 11.9 Å². The molecular formula is C8H8O5. The lowest BCUT2D eigenvalue weighted by atomic mass is 9.84. The number of epoxide rings is 1. The molecule has 13 heavy (non-hydrogen) atoms. The van der Waals surface area contributed by atoms with Crippen LogP contribution in [0, 0.1) is 11.8 Å². The fourth-order valence-electron chi connectivity index (χ4n) is 1.66. The fourth-order valence-corrected chi connectivity index (χ4v) is 1.66. The van der Waals surface area contributed by atoms with E-state index in [1.54, 1.807) is 6.08 Å². The van der Waals surface area contributed by atoms with E-state index in [1.807, 2.05) is 0 Å². The second-order valence-electron chi connectivity index (χ2n) is 3.18. The summed E-state index contributed by atoms with van der Waals surface area (Å²) in [6.45, 7) is 0. The predicted octanol–water partition coefficient (Wildman–Crippen LogP) is -0.275. The van der Waals surface area contributed by atoms with Gasteiger partial charge in [0.15, 0.2) is 0 Å². The maximum absolute atomic E-state index is 10.7. The molecule has 0 aromatic heterocycles. The molecule has 4 atom stereocenters. The quantitative estimate of drug-likeness (QED) is 0.455. The van der Waals surface area contributed by atoms with Gasteiger partial charge in [-0.2, -0.15) is 0 Å². The van der Waals surface area contributed by atoms with E-state index < -0.39 is 29.9 Å². The number of carboxylic acids is 2. The van der Waals surface area contributed by atoms with Crippen molar-refractivity contribution in [2.45, 2.75) is 12.2 Å². The smallest absolute Gasteiger partial charge is 0.311 e. The van der Waals surface area contributed by atoms with Gasteiger partial charge < -0.3 is 14.9 Å². The van der Waals surface area contributed by atoms with E-state index in [1.165, 1.54) is 6.08 Å². The van der Waals surface area contributed by atoms with Crippen LogP contribution in [-0.2, 0) is 14.3 Å². The second kappa shape index (κ2) is 2.56. The van der Waals surface area contributed by atoms with E-state index in [0.29, 0.717) is 0 Å². The Morgan fingerprint density at radius 3 is 2.38 bits per heavy atom. The van der Waals surface area contributed by atoms with Crippen molar-refractivity contribution < 1.29 is 24.5 Å². The first kappa shape index (κ1) is 8.25. The largest absolute Gasteiger partial charge is 0.481 e. The SMILES string of the molecule is O=C(O)[C@@H]1[C@@H]2O[C@@H]2C=C[C@H]1C(=O)O. The molecule has 0 radical (unpaired) electrons. The molecule has 0 spiro atoms. The summed E-state index contributed by atoms with van der Waals surface area (Å²) >= 11 is 0. The number of rotatable bonds is 2. The Kier molecular flexibility index (Phi) is 1.63. The number of aliphatic carboxylic acids is 2. The number of fused-ring (bicyclic) bond motifs is 1. The van der Waals surface area contributed by atoms with E-state index in [0.717, 1.165) is 0 Å². The van der Waals surface area contributed by atoms with Crippen molar-refractivity contribution in [3.05, 3.63) is 12.2 Å². The van der Waals surface area contributed by atoms with Gasteiger partial charge in [0.05, 0.1) is 5.92 Å². The van der Waals surface area contributed by atoms with Gasteiger partial charge in [0.1, 0.15) is 18.1 Å². The molecule has 0 aromatic rings. The van der Waals surface area contributed by atoms with Gasteiger partial charge in [-0.3, -0.25) is 9.59 Å². The molecule has 0 amide bonds. The molecule has 1 heterocycles. The molecule has 5 nitrogen and oxygen atoms in total. The number of hydrogen-bond acceptors (Lipinski definition) is 3. The zero-order valence-electron chi connectivity index (χ0n) is 6.58. The maximum atomic E-state index is 10.7. The van der Waals surface area contributed by atoms with Crippen LogP contribution in [0.15, 0.2) is 12.2 Å². The standard InChI is InChI=1S/C8H8O5/c9-7(10)3-1-2-4-6(13-4)5(3)8(11)12/h1-6H,(H,9,10)(H,11,12)/t3-,4-,5+,6-/m1/s1. The van der Waals surface area contributed by atoms with E-state index in [9.17, 15) is 9.59 Å². The van der Waals surface area contributed by atoms with Gasteiger partial charge in [-0.15, -0.1) is 0 Å². The first-order chi connectivity index (χ1) is 6.11. The molecule has 2 N–H and O–H groups in total. The highest BCUT2D eigenvalue weighted by Crippen LogP contribution is 2.39. The Hall–Kier alpha value is -1.36. The topological polar surface area (TPSA) is 87.1 Å². The van der Waals surface area contributed by atoms with E-state index in [-0.39, 0.29) is 6.10 Å². The number of hydrogen-bond donors (Lipinski definition) is 2. The molecule has 0 aromatic carbocycles. The average molecular weight is 184 g/mol. The van der Waals surface area contributed by atoms with Gasteiger partial charge in [-0.25, -0.2) is 0 Å². The number of carbonyl (C=O) groups is 2. The third-order valence-corrected chi connectivity index (χ3v) is 2.38. The molecule has 1 aliphatic heterocycles. The van der Waals surface area contributed by atoms with Gasteiger partial charge in [0, 0.05) is 0 Å². The van der Waals surface area contributed by atoms with Crippen molar-refractivity contribution in [3.8, 4) is 0 Å². The van der Waals surface area contributed by atoms with Crippen LogP contribution in [0.2, 0.25) is 0 Å². The zero-order chi connectivity index (χ0) is 9.59. The number of carboxylic acid groups (broad SMARTS) is 2. The van der Waals surface area contributed by atoms with Crippen molar-refractivity contribution in [3.63, 3.8) is 0 Å². The highest BCUT2D eigenvalue weighted by atomic mass is 16.6. The van der Waals surface area contributed by atoms with Crippen LogP contribution < -0.4 is 0 Å². The van der Waals surface area contributed by atoms with Crippen molar-refractivity contribution in [2.75, 3.05) is 0 Å². The average Bonchev–Trinajstić information content (AvgIpc) is 2.79. The first-order valence-electron chi connectivity index (χ1n) is 3.90. The Labute approximate surface area is 73.6 Å². The molecule has 1 aliphatic carbocycles. The van der Waals surface area contributed by atoms with E-state index in [2.05, 4.69) is 0 Å². The first-order valence-corrected chi connectivity index (χ1v) is 3.90. The summed E-state index contributed by atoms with van der Waals surface area (Å²) in [6, 6.07) is 0. The van der Waals surface area contributed by atoms with Gasteiger partial charge in [-0.05, 0) is 0 Å². The number of ether oxygens (including phenoxy) is 1. The van der Waals surface area contributed by atoms with Crippen LogP contribution in [0.3, 0.4) is 0 Å². The lowest BCUT2D eigenvalue weighted by Gasteiger charge is -2.17. The van der Waals surface area contributed by atoms with Crippen LogP contribution in [0.5, 0.6) is 0 Å². The minimum absolute atomic E-state index is 0.184. The summed E-state index contributed by atoms with van der Waals surface area (Å²) in [4.78, 5) is 21.4. The summed E-state index contributed by atoms with van der Waals surface area (Å²) in [5.41, 5.74) is 0. The molecule has 70 valence electrons. The van der Waals surface area contributed by atoms with Gasteiger partial charge in [0.25, 0.3) is 0 Å². The molecule has 2 rings (SSSR count). The van der Waals surface area contributed by atoms with Crippen molar-refractivity contribution in [1.82, 2.24) is 0 Å². The van der Waals surface area contributed by atoms with Crippen LogP contribution in [0.1, 0.15) is 0 Å². The zero-order valence-corrected chi connectivity index (χ0v) is 6.58. The van der Waals surface area contributed by atoms with E-state index >= 15 is 0 Å². The van der Waals surface area contributed by atoms with Crippen LogP contribution in [-0.4, -0.2) is 34.4 Å². The predicted molar refractivity (Wildman–Crippen MR) is 40.1 cm³/mol. The Balaban J connectivity index is 2.25. The summed E-state index contributed by atoms with van der Waals surface area (Å²) in [5, 5.41) is 17.5. The fraction of sp³-hybridized carbons (Fsp3) is 0.500. The lowest BCUT2D eigenvalue weighted by Crippen LogP contribution is -2.35. The Morgan fingerprint density at radius 1 is 1.15 bits per heavy atom. The second-order valence-corrected chi connectivity index (χ2v) is 3.18. The highest BCUT2D eigenvalue weighted by molar-refractivity contribution is 5.83. The third kappa shape index (κ3) is 1.21. The van der Waals surface area contributed by atoms with Crippen molar-refractivity contribution in [1.29, 1.82) is 0 Å². The molecular weight excluding hydrogens is 176 g/mol. The van der Waals surface area contributed by atoms with Crippen LogP contribution in [0.4, 0.5) is 0 Å². The summed E-state index contributed by atoms with van der Waals surface area (Å²) in [7, 11) is 0. The minimum atomic E-state index is -1.11. The minimum Gasteiger partial charge on any atom is -0.481 e. The molecule has 1 fully saturated rings. The molecule has 0 bridgehead atoms. The molecule has 5 heteroatoms. The molecule has 2 aliphatic rings. The normalized spacial score (nSPS) is 40.9. The Bertz CT molecular complexity index is 295. The maximum Gasteiger partial charge on any atom is 0.311 e. The molecule has 1 saturated heterocycles. The van der Waals surface area contributed by atoms with E-state index in [4.69, 9.17) is 14.9 Å². The molecule has 0 saturated carbocycles. The van der Waals surface area contributed by atoms with Crippen LogP contribution >= 0.6 is 0 Å². The molecule has 0 unspecified atom stereocenters. The van der Waals surface area contributed by atoms with Crippen LogP contribution in [0.25, 0.3) is 0 Å². The van der Waals surface area contributed by atoms with Crippen molar-refractivity contribution in [2.24, 2.45) is 11.8 Å². The lowest BCUT2D eigenvalue weighted by molar-refractivity contribution is -0.152. The summed E-state index contributed by atoms with van der Waals surface area (Å²) in [5.74, 6) is -4.12. The van der Waals surface area contributed by atoms with Gasteiger partial charge >= 0.3 is 11.9 Å². The third-order valence-electron chi connectivity index (χ3n) is 2.38. The Morgan fingerprint density at radius 2 is 1.85 bits per heavy atom. The van der Waals surface area contributed by atoms with Gasteiger partial charge in [-0.1, -0.05) is 12.2 Å². The summed E-state index contributed by atoms with van der Waals surface area (Å²) < 4.78 is 5.00.